The third kappa shape index (κ3) is 2.61. The van der Waals surface area contributed by atoms with Crippen LogP contribution in [0.25, 0.3) is 0 Å². The Morgan fingerprint density at radius 1 is 1.36 bits per heavy atom. The van der Waals surface area contributed by atoms with Gasteiger partial charge in [0.2, 0.25) is 0 Å². The molecule has 2 aliphatic carbocycles. The molecular formula is C20H34O4Si. The van der Waals surface area contributed by atoms with Gasteiger partial charge in [-0.05, 0) is 42.3 Å². The van der Waals surface area contributed by atoms with E-state index in [2.05, 4.69) is 52.9 Å². The highest BCUT2D eigenvalue weighted by atomic mass is 28.4. The number of aldehydes is 1. The number of fused-ring (bicyclic) bond motifs is 5. The summed E-state index contributed by atoms with van der Waals surface area (Å²) in [5, 5.41) is 0.147. The molecule has 1 aliphatic heterocycles. The molecule has 0 amide bonds. The van der Waals surface area contributed by atoms with Gasteiger partial charge < -0.3 is 18.7 Å². The van der Waals surface area contributed by atoms with Gasteiger partial charge in [0.15, 0.2) is 14.6 Å². The maximum absolute atomic E-state index is 12.3. The fourth-order valence-electron chi connectivity index (χ4n) is 5.03. The first-order valence-electron chi connectivity index (χ1n) is 9.58. The number of carbonyl (C=O) groups excluding carboxylic acids is 1. The van der Waals surface area contributed by atoms with Gasteiger partial charge in [-0.1, -0.05) is 39.8 Å². The Hall–Kier alpha value is -0.493. The van der Waals surface area contributed by atoms with Crippen LogP contribution in [0.4, 0.5) is 0 Å². The fraction of sp³-hybridized carbons (Fsp3) is 0.850. The molecule has 2 fully saturated rings. The zero-order valence-corrected chi connectivity index (χ0v) is 17.7. The van der Waals surface area contributed by atoms with E-state index in [1.807, 2.05) is 0 Å². The van der Waals surface area contributed by atoms with Crippen molar-refractivity contribution in [2.24, 2.45) is 29.1 Å². The van der Waals surface area contributed by atoms with Crippen LogP contribution >= 0.6 is 0 Å². The molecule has 0 N–H and O–H groups in total. The van der Waals surface area contributed by atoms with Crippen molar-refractivity contribution < 1.29 is 18.7 Å². The summed E-state index contributed by atoms with van der Waals surface area (Å²) in [6.45, 7) is 14.2. The van der Waals surface area contributed by atoms with E-state index < -0.39 is 13.7 Å². The van der Waals surface area contributed by atoms with Crippen LogP contribution in [0.5, 0.6) is 0 Å². The summed E-state index contributed by atoms with van der Waals surface area (Å²) >= 11 is 0. The predicted octanol–water partition coefficient (Wildman–Crippen LogP) is 4.02. The maximum Gasteiger partial charge on any atom is 0.192 e. The van der Waals surface area contributed by atoms with Gasteiger partial charge in [-0.25, -0.2) is 0 Å². The lowest BCUT2D eigenvalue weighted by Crippen LogP contribution is -2.50. The van der Waals surface area contributed by atoms with Crippen LogP contribution in [-0.4, -0.2) is 40.7 Å². The van der Waals surface area contributed by atoms with Crippen LogP contribution < -0.4 is 0 Å². The molecule has 0 spiro atoms. The van der Waals surface area contributed by atoms with E-state index in [0.717, 1.165) is 12.7 Å². The van der Waals surface area contributed by atoms with Crippen LogP contribution in [0.2, 0.25) is 18.1 Å². The molecule has 25 heavy (non-hydrogen) atoms. The zero-order valence-electron chi connectivity index (χ0n) is 16.7. The van der Waals surface area contributed by atoms with Crippen LogP contribution in [0.3, 0.4) is 0 Å². The SMILES string of the molecule is CO[C@H]1O[C@H](CO[Si](C)(C)C(C)(C)C(C)C)[C@]2(C=O)C1[C@@H]1C=C[C@H]2C1. The number of allylic oxidation sites excluding steroid dienone is 2. The third-order valence-corrected chi connectivity index (χ3v) is 12.5. The van der Waals surface area contributed by atoms with Gasteiger partial charge in [-0.15, -0.1) is 0 Å². The smallest absolute Gasteiger partial charge is 0.192 e. The summed E-state index contributed by atoms with van der Waals surface area (Å²) < 4.78 is 18.4. The summed E-state index contributed by atoms with van der Waals surface area (Å²) in [4.78, 5) is 12.3. The van der Waals surface area contributed by atoms with Crippen LogP contribution in [0.15, 0.2) is 12.2 Å². The Morgan fingerprint density at radius 2 is 2.04 bits per heavy atom. The van der Waals surface area contributed by atoms with E-state index in [0.29, 0.717) is 18.4 Å². The summed E-state index contributed by atoms with van der Waals surface area (Å²) in [6, 6.07) is 0. The first-order valence-corrected chi connectivity index (χ1v) is 12.5. The lowest BCUT2D eigenvalue weighted by atomic mass is 9.67. The Kier molecular flexibility index (Phi) is 4.85. The average Bonchev–Trinajstić information content (AvgIpc) is 3.22. The highest BCUT2D eigenvalue weighted by Crippen LogP contribution is 2.63. The molecule has 0 aromatic heterocycles. The number of carbonyl (C=O) groups is 1. The highest BCUT2D eigenvalue weighted by molar-refractivity contribution is 6.74. The monoisotopic (exact) mass is 366 g/mol. The lowest BCUT2D eigenvalue weighted by molar-refractivity contribution is -0.145. The van der Waals surface area contributed by atoms with E-state index in [1.54, 1.807) is 7.11 Å². The summed E-state index contributed by atoms with van der Waals surface area (Å²) in [5.41, 5.74) is -0.480. The second-order valence-electron chi connectivity index (χ2n) is 9.46. The second-order valence-corrected chi connectivity index (χ2v) is 14.1. The molecular weight excluding hydrogens is 332 g/mol. The van der Waals surface area contributed by atoms with Crippen molar-refractivity contribution in [1.82, 2.24) is 0 Å². The Balaban J connectivity index is 1.81. The van der Waals surface area contributed by atoms with Crippen molar-refractivity contribution in [2.45, 2.75) is 64.6 Å². The van der Waals surface area contributed by atoms with Gasteiger partial charge in [0.05, 0.1) is 18.1 Å². The van der Waals surface area contributed by atoms with Gasteiger partial charge in [-0.3, -0.25) is 0 Å². The van der Waals surface area contributed by atoms with Crippen LogP contribution in [0.1, 0.15) is 34.1 Å². The number of hydrogen-bond acceptors (Lipinski definition) is 4. The normalized spacial score (nSPS) is 40.1. The largest absolute Gasteiger partial charge is 0.414 e. The molecule has 1 saturated heterocycles. The minimum absolute atomic E-state index is 0.126. The molecule has 0 aromatic rings. The molecule has 2 bridgehead atoms. The Labute approximate surface area is 153 Å². The molecule has 1 unspecified atom stereocenters. The Bertz CT molecular complexity index is 556. The molecule has 0 aromatic carbocycles. The standard InChI is InChI=1S/C20H34O4Si/c1-13(2)19(3,4)25(6,7)23-11-16-20(12-21)15-9-8-14(10-15)17(20)18(22-5)24-16/h8-9,12-18H,10-11H2,1-7H3/t14-,15+,16-,17?,18+,20-/m1/s1. The second kappa shape index (κ2) is 6.29. The minimum atomic E-state index is -1.96. The molecule has 5 heteroatoms. The first-order chi connectivity index (χ1) is 11.6. The van der Waals surface area contributed by atoms with Crippen molar-refractivity contribution in [3.8, 4) is 0 Å². The van der Waals surface area contributed by atoms with Gasteiger partial charge in [0, 0.05) is 13.0 Å². The molecule has 142 valence electrons. The van der Waals surface area contributed by atoms with Crippen molar-refractivity contribution in [3.63, 3.8) is 0 Å². The quantitative estimate of drug-likeness (QED) is 0.388. The number of rotatable bonds is 7. The van der Waals surface area contributed by atoms with E-state index in [9.17, 15) is 4.79 Å². The number of hydrogen-bond donors (Lipinski definition) is 0. The van der Waals surface area contributed by atoms with Crippen molar-refractivity contribution in [3.05, 3.63) is 12.2 Å². The number of ether oxygens (including phenoxy) is 2. The maximum atomic E-state index is 12.3. The van der Waals surface area contributed by atoms with Gasteiger partial charge in [-0.2, -0.15) is 0 Å². The average molecular weight is 367 g/mol. The summed E-state index contributed by atoms with van der Waals surface area (Å²) in [5.74, 6) is 1.32. The zero-order chi connectivity index (χ0) is 18.6. The molecule has 4 nitrogen and oxygen atoms in total. The van der Waals surface area contributed by atoms with Crippen molar-refractivity contribution >= 4 is 14.6 Å². The van der Waals surface area contributed by atoms with Gasteiger partial charge in [0.1, 0.15) is 6.29 Å². The van der Waals surface area contributed by atoms with Crippen molar-refractivity contribution in [2.75, 3.05) is 13.7 Å². The molecule has 3 rings (SSSR count). The van der Waals surface area contributed by atoms with E-state index in [-0.39, 0.29) is 29.3 Å². The van der Waals surface area contributed by atoms with Crippen LogP contribution in [-0.2, 0) is 18.7 Å². The molecule has 1 heterocycles. The fourth-order valence-corrected chi connectivity index (χ4v) is 7.36. The number of methoxy groups -OCH3 is 1. The van der Waals surface area contributed by atoms with Crippen molar-refractivity contribution in [1.29, 1.82) is 0 Å². The third-order valence-electron chi connectivity index (χ3n) is 7.97. The lowest BCUT2D eigenvalue weighted by Gasteiger charge is -2.44. The van der Waals surface area contributed by atoms with E-state index in [1.165, 1.54) is 0 Å². The molecule has 1 saturated carbocycles. The van der Waals surface area contributed by atoms with E-state index >= 15 is 0 Å². The Morgan fingerprint density at radius 3 is 2.60 bits per heavy atom. The highest BCUT2D eigenvalue weighted by Gasteiger charge is 2.68. The van der Waals surface area contributed by atoms with E-state index in [4.69, 9.17) is 13.9 Å². The molecule has 3 aliphatic rings. The topological polar surface area (TPSA) is 44.8 Å². The molecule has 0 radical (unpaired) electrons. The summed E-state index contributed by atoms with van der Waals surface area (Å²) in [7, 11) is -0.279. The molecule has 6 atom stereocenters. The van der Waals surface area contributed by atoms with Gasteiger partial charge in [0.25, 0.3) is 0 Å². The summed E-state index contributed by atoms with van der Waals surface area (Å²) in [6.07, 6.45) is 6.14. The predicted molar refractivity (Wildman–Crippen MR) is 101 cm³/mol. The first kappa shape index (κ1) is 19.3. The minimum Gasteiger partial charge on any atom is -0.414 e. The van der Waals surface area contributed by atoms with Crippen LogP contribution in [0, 0.1) is 29.1 Å². The van der Waals surface area contributed by atoms with Gasteiger partial charge >= 0.3 is 0 Å².